The molecule has 0 spiro atoms. The second-order valence-electron chi connectivity index (χ2n) is 4.82. The van der Waals surface area contributed by atoms with Crippen LogP contribution in [0.1, 0.15) is 72.6 Å². The molecule has 2 heteroatoms. The summed E-state index contributed by atoms with van der Waals surface area (Å²) in [5, 5.41) is 0. The van der Waals surface area contributed by atoms with Crippen LogP contribution in [-0.4, -0.2) is 23.9 Å². The lowest BCUT2D eigenvalue weighted by Crippen LogP contribution is -2.35. The zero-order chi connectivity index (χ0) is 13.1. The summed E-state index contributed by atoms with van der Waals surface area (Å²) in [5.74, 6) is 0.629. The van der Waals surface area contributed by atoms with Gasteiger partial charge in [0, 0.05) is 19.0 Å². The highest BCUT2D eigenvalue weighted by Crippen LogP contribution is 2.17. The Bertz CT molecular complexity index is 187. The molecule has 17 heavy (non-hydrogen) atoms. The van der Waals surface area contributed by atoms with Crippen LogP contribution in [0, 0.1) is 5.92 Å². The summed E-state index contributed by atoms with van der Waals surface area (Å²) in [6.07, 6.45) is 8.52. The molecule has 0 rings (SSSR count). The first-order valence-electron chi connectivity index (χ1n) is 7.49. The van der Waals surface area contributed by atoms with Crippen molar-refractivity contribution in [2.24, 2.45) is 5.92 Å². The van der Waals surface area contributed by atoms with Crippen LogP contribution >= 0.6 is 0 Å². The van der Waals surface area contributed by atoms with E-state index in [1.807, 2.05) is 4.90 Å². The van der Waals surface area contributed by atoms with Gasteiger partial charge in [0.05, 0.1) is 0 Å². The van der Waals surface area contributed by atoms with E-state index in [0.29, 0.717) is 5.91 Å². The van der Waals surface area contributed by atoms with E-state index in [-0.39, 0.29) is 5.92 Å². The van der Waals surface area contributed by atoms with Crippen LogP contribution in [0.4, 0.5) is 0 Å². The minimum Gasteiger partial charge on any atom is -0.343 e. The minimum absolute atomic E-state index is 0.261. The Hall–Kier alpha value is -0.530. The summed E-state index contributed by atoms with van der Waals surface area (Å²) in [6, 6.07) is 0. The van der Waals surface area contributed by atoms with E-state index < -0.39 is 0 Å². The summed E-state index contributed by atoms with van der Waals surface area (Å²) < 4.78 is 0. The van der Waals surface area contributed by atoms with E-state index in [1.165, 1.54) is 32.1 Å². The quantitative estimate of drug-likeness (QED) is 0.524. The lowest BCUT2D eigenvalue weighted by atomic mass is 9.96. The standard InChI is InChI=1S/C15H31NO/c1-5-9-10-11-12-13-14(6-2)15(17)16(7-3)8-4/h14H,5-13H2,1-4H3. The molecule has 0 saturated carbocycles. The van der Waals surface area contributed by atoms with Crippen LogP contribution in [0.5, 0.6) is 0 Å². The minimum atomic E-state index is 0.261. The molecule has 0 aromatic rings. The fraction of sp³-hybridized carbons (Fsp3) is 0.933. The van der Waals surface area contributed by atoms with Crippen molar-refractivity contribution in [2.75, 3.05) is 13.1 Å². The molecule has 0 saturated heterocycles. The Labute approximate surface area is 108 Å². The molecule has 0 aliphatic rings. The normalized spacial score (nSPS) is 12.5. The number of carbonyl (C=O) groups excluding carboxylic acids is 1. The SMILES string of the molecule is CCCCCCCC(CC)C(=O)N(CC)CC. The van der Waals surface area contributed by atoms with Gasteiger partial charge < -0.3 is 4.90 Å². The van der Waals surface area contributed by atoms with Crippen LogP contribution in [0.3, 0.4) is 0 Å². The first-order valence-corrected chi connectivity index (χ1v) is 7.49. The lowest BCUT2D eigenvalue weighted by molar-refractivity contribution is -0.135. The number of nitrogens with zero attached hydrogens (tertiary/aromatic N) is 1. The monoisotopic (exact) mass is 241 g/mol. The third-order valence-electron chi connectivity index (χ3n) is 3.57. The molecule has 0 aliphatic heterocycles. The van der Waals surface area contributed by atoms with E-state index in [1.54, 1.807) is 0 Å². The van der Waals surface area contributed by atoms with Gasteiger partial charge in [-0.15, -0.1) is 0 Å². The Morgan fingerprint density at radius 1 is 0.941 bits per heavy atom. The van der Waals surface area contributed by atoms with Crippen molar-refractivity contribution >= 4 is 5.91 Å². The molecule has 0 fully saturated rings. The second kappa shape index (κ2) is 10.6. The maximum absolute atomic E-state index is 12.2. The average Bonchev–Trinajstić information content (AvgIpc) is 2.35. The zero-order valence-electron chi connectivity index (χ0n) is 12.3. The van der Waals surface area contributed by atoms with Gasteiger partial charge in [-0.2, -0.15) is 0 Å². The zero-order valence-corrected chi connectivity index (χ0v) is 12.3. The van der Waals surface area contributed by atoms with E-state index in [2.05, 4.69) is 27.7 Å². The van der Waals surface area contributed by atoms with Gasteiger partial charge >= 0.3 is 0 Å². The van der Waals surface area contributed by atoms with Gasteiger partial charge in [-0.1, -0.05) is 46.0 Å². The van der Waals surface area contributed by atoms with Gasteiger partial charge in [0.25, 0.3) is 0 Å². The Morgan fingerprint density at radius 3 is 2.00 bits per heavy atom. The van der Waals surface area contributed by atoms with Gasteiger partial charge in [-0.05, 0) is 26.7 Å². The number of rotatable bonds is 10. The van der Waals surface area contributed by atoms with Crippen LogP contribution < -0.4 is 0 Å². The number of unbranched alkanes of at least 4 members (excludes halogenated alkanes) is 4. The van der Waals surface area contributed by atoms with Crippen LogP contribution in [0.2, 0.25) is 0 Å². The average molecular weight is 241 g/mol. The Balaban J connectivity index is 3.92. The van der Waals surface area contributed by atoms with E-state index in [4.69, 9.17) is 0 Å². The van der Waals surface area contributed by atoms with Crippen LogP contribution in [0.15, 0.2) is 0 Å². The molecule has 2 nitrogen and oxygen atoms in total. The molecule has 102 valence electrons. The first kappa shape index (κ1) is 16.5. The number of carbonyl (C=O) groups is 1. The summed E-state index contributed by atoms with van der Waals surface area (Å²) in [4.78, 5) is 14.2. The van der Waals surface area contributed by atoms with Crippen molar-refractivity contribution in [2.45, 2.75) is 72.6 Å². The van der Waals surface area contributed by atoms with Gasteiger partial charge in [0.2, 0.25) is 5.91 Å². The number of amides is 1. The third kappa shape index (κ3) is 6.70. The summed E-state index contributed by atoms with van der Waals surface area (Å²) in [7, 11) is 0. The van der Waals surface area contributed by atoms with Crippen LogP contribution in [-0.2, 0) is 4.79 Å². The maximum Gasteiger partial charge on any atom is 0.225 e. The molecule has 1 atom stereocenters. The molecule has 0 aromatic heterocycles. The molecule has 0 aromatic carbocycles. The first-order chi connectivity index (χ1) is 8.21. The van der Waals surface area contributed by atoms with E-state index in [0.717, 1.165) is 25.9 Å². The molecule has 0 heterocycles. The predicted octanol–water partition coefficient (Wildman–Crippen LogP) is 4.24. The summed E-state index contributed by atoms with van der Waals surface area (Å²) >= 11 is 0. The highest BCUT2D eigenvalue weighted by atomic mass is 16.2. The van der Waals surface area contributed by atoms with Crippen molar-refractivity contribution in [3.63, 3.8) is 0 Å². The van der Waals surface area contributed by atoms with Gasteiger partial charge in [0.15, 0.2) is 0 Å². The second-order valence-corrected chi connectivity index (χ2v) is 4.82. The highest BCUT2D eigenvalue weighted by molar-refractivity contribution is 5.78. The van der Waals surface area contributed by atoms with Gasteiger partial charge in [-0.3, -0.25) is 4.79 Å². The van der Waals surface area contributed by atoms with Gasteiger partial charge in [0.1, 0.15) is 0 Å². The summed E-state index contributed by atoms with van der Waals surface area (Å²) in [5.41, 5.74) is 0. The molecule has 0 aliphatic carbocycles. The lowest BCUT2D eigenvalue weighted by Gasteiger charge is -2.24. The molecule has 0 bridgehead atoms. The van der Waals surface area contributed by atoms with Crippen LogP contribution in [0.25, 0.3) is 0 Å². The topological polar surface area (TPSA) is 20.3 Å². The van der Waals surface area contributed by atoms with Crippen molar-refractivity contribution < 1.29 is 4.79 Å². The van der Waals surface area contributed by atoms with Crippen molar-refractivity contribution in [1.29, 1.82) is 0 Å². The van der Waals surface area contributed by atoms with E-state index in [9.17, 15) is 4.79 Å². The largest absolute Gasteiger partial charge is 0.343 e. The predicted molar refractivity (Wildman–Crippen MR) is 75.1 cm³/mol. The molecular weight excluding hydrogens is 210 g/mol. The number of hydrogen-bond donors (Lipinski definition) is 0. The van der Waals surface area contributed by atoms with E-state index >= 15 is 0 Å². The molecule has 0 N–H and O–H groups in total. The Kier molecular flexibility index (Phi) is 10.3. The number of hydrogen-bond acceptors (Lipinski definition) is 1. The Morgan fingerprint density at radius 2 is 1.53 bits per heavy atom. The van der Waals surface area contributed by atoms with Gasteiger partial charge in [-0.25, -0.2) is 0 Å². The molecule has 1 unspecified atom stereocenters. The van der Waals surface area contributed by atoms with Crippen molar-refractivity contribution in [3.8, 4) is 0 Å². The third-order valence-corrected chi connectivity index (χ3v) is 3.57. The summed E-state index contributed by atoms with van der Waals surface area (Å²) in [6.45, 7) is 10.2. The molecule has 0 radical (unpaired) electrons. The molecular formula is C15H31NO. The fourth-order valence-electron chi connectivity index (χ4n) is 2.29. The van der Waals surface area contributed by atoms with Crippen molar-refractivity contribution in [1.82, 2.24) is 4.90 Å². The maximum atomic E-state index is 12.2. The van der Waals surface area contributed by atoms with Crippen molar-refractivity contribution in [3.05, 3.63) is 0 Å². The molecule has 1 amide bonds. The fourth-order valence-corrected chi connectivity index (χ4v) is 2.29. The highest BCUT2D eigenvalue weighted by Gasteiger charge is 2.20. The smallest absolute Gasteiger partial charge is 0.225 e.